The minimum Gasteiger partial charge on any atom is -0.374 e. The Kier molecular flexibility index (Phi) is 2.96. The molecule has 1 unspecified atom stereocenters. The largest absolute Gasteiger partial charge is 0.374 e. The third-order valence-electron chi connectivity index (χ3n) is 3.00. The van der Waals surface area contributed by atoms with Crippen LogP contribution < -0.4 is 10.9 Å². The van der Waals surface area contributed by atoms with Gasteiger partial charge in [0.1, 0.15) is 0 Å². The van der Waals surface area contributed by atoms with E-state index < -0.39 is 0 Å². The van der Waals surface area contributed by atoms with Gasteiger partial charge in [0.05, 0.1) is 24.6 Å². The van der Waals surface area contributed by atoms with Crippen LogP contribution in [0.2, 0.25) is 0 Å². The van der Waals surface area contributed by atoms with Gasteiger partial charge in [-0.3, -0.25) is 4.79 Å². The third-order valence-corrected chi connectivity index (χ3v) is 3.88. The SMILES string of the molecule is O=c1c2ccsc2ccn1CC1CNCCO1. The summed E-state index contributed by atoms with van der Waals surface area (Å²) in [6, 6.07) is 3.89. The van der Waals surface area contributed by atoms with Crippen molar-refractivity contribution >= 4 is 21.4 Å². The predicted octanol–water partition coefficient (Wildman–Crippen LogP) is 1.05. The van der Waals surface area contributed by atoms with Crippen molar-refractivity contribution in [3.05, 3.63) is 34.1 Å². The fourth-order valence-corrected chi connectivity index (χ4v) is 2.88. The molecule has 0 aliphatic carbocycles. The number of thiophene rings is 1. The molecule has 0 radical (unpaired) electrons. The molecule has 1 aliphatic rings. The van der Waals surface area contributed by atoms with Crippen LogP contribution >= 0.6 is 11.3 Å². The molecule has 2 aromatic rings. The molecule has 0 saturated carbocycles. The quantitative estimate of drug-likeness (QED) is 0.866. The van der Waals surface area contributed by atoms with Crippen molar-refractivity contribution in [1.82, 2.24) is 9.88 Å². The summed E-state index contributed by atoms with van der Waals surface area (Å²) >= 11 is 1.60. The minimum absolute atomic E-state index is 0.0814. The van der Waals surface area contributed by atoms with Crippen molar-refractivity contribution in [3.63, 3.8) is 0 Å². The first-order valence-electron chi connectivity index (χ1n) is 5.73. The molecular formula is C12H14N2O2S. The molecule has 1 saturated heterocycles. The zero-order valence-corrected chi connectivity index (χ0v) is 10.2. The lowest BCUT2D eigenvalue weighted by atomic mass is 10.3. The molecule has 4 nitrogen and oxygen atoms in total. The van der Waals surface area contributed by atoms with E-state index in [0.29, 0.717) is 6.54 Å². The zero-order valence-electron chi connectivity index (χ0n) is 9.39. The highest BCUT2D eigenvalue weighted by molar-refractivity contribution is 7.17. The summed E-state index contributed by atoms with van der Waals surface area (Å²) in [6.45, 7) is 3.06. The fourth-order valence-electron chi connectivity index (χ4n) is 2.11. The van der Waals surface area contributed by atoms with E-state index in [-0.39, 0.29) is 11.7 Å². The van der Waals surface area contributed by atoms with Crippen molar-refractivity contribution in [3.8, 4) is 0 Å². The number of hydrogen-bond acceptors (Lipinski definition) is 4. The molecule has 3 heterocycles. The summed E-state index contributed by atoms with van der Waals surface area (Å²) in [5.74, 6) is 0. The Balaban J connectivity index is 1.89. The molecule has 1 N–H and O–H groups in total. The van der Waals surface area contributed by atoms with E-state index in [9.17, 15) is 4.79 Å². The third kappa shape index (κ3) is 2.13. The maximum absolute atomic E-state index is 12.2. The zero-order chi connectivity index (χ0) is 11.7. The highest BCUT2D eigenvalue weighted by atomic mass is 32.1. The van der Waals surface area contributed by atoms with Crippen LogP contribution in [0.25, 0.3) is 10.1 Å². The van der Waals surface area contributed by atoms with Gasteiger partial charge in [-0.2, -0.15) is 0 Å². The van der Waals surface area contributed by atoms with Crippen molar-refractivity contribution < 1.29 is 4.74 Å². The first-order valence-corrected chi connectivity index (χ1v) is 6.61. The summed E-state index contributed by atoms with van der Waals surface area (Å²) in [5.41, 5.74) is 0.0814. The first-order chi connectivity index (χ1) is 8.34. The van der Waals surface area contributed by atoms with Gasteiger partial charge in [-0.1, -0.05) is 0 Å². The monoisotopic (exact) mass is 250 g/mol. The van der Waals surface area contributed by atoms with Crippen LogP contribution in [0.15, 0.2) is 28.5 Å². The van der Waals surface area contributed by atoms with Crippen molar-refractivity contribution in [2.24, 2.45) is 0 Å². The van der Waals surface area contributed by atoms with Crippen LogP contribution in [0.5, 0.6) is 0 Å². The second kappa shape index (κ2) is 4.60. The van der Waals surface area contributed by atoms with E-state index in [0.717, 1.165) is 29.8 Å². The lowest BCUT2D eigenvalue weighted by molar-refractivity contribution is 0.0177. The number of rotatable bonds is 2. The van der Waals surface area contributed by atoms with Gasteiger partial charge in [-0.05, 0) is 17.5 Å². The van der Waals surface area contributed by atoms with Crippen LogP contribution in [-0.4, -0.2) is 30.4 Å². The average Bonchev–Trinajstić information content (AvgIpc) is 2.83. The van der Waals surface area contributed by atoms with Gasteiger partial charge in [0.2, 0.25) is 0 Å². The molecule has 0 amide bonds. The summed E-state index contributed by atoms with van der Waals surface area (Å²) in [6.07, 6.45) is 1.96. The average molecular weight is 250 g/mol. The minimum atomic E-state index is 0.0814. The van der Waals surface area contributed by atoms with Gasteiger partial charge >= 0.3 is 0 Å². The normalized spacial score (nSPS) is 20.8. The molecule has 5 heteroatoms. The Morgan fingerprint density at radius 2 is 2.47 bits per heavy atom. The van der Waals surface area contributed by atoms with Gasteiger partial charge in [-0.15, -0.1) is 11.3 Å². The van der Waals surface area contributed by atoms with E-state index >= 15 is 0 Å². The molecule has 0 spiro atoms. The number of morpholine rings is 1. The Morgan fingerprint density at radius 1 is 1.53 bits per heavy atom. The van der Waals surface area contributed by atoms with Crippen molar-refractivity contribution in [1.29, 1.82) is 0 Å². The molecular weight excluding hydrogens is 236 g/mol. The lowest BCUT2D eigenvalue weighted by Crippen LogP contribution is -2.42. The van der Waals surface area contributed by atoms with Crippen LogP contribution in [0.1, 0.15) is 0 Å². The lowest BCUT2D eigenvalue weighted by Gasteiger charge is -2.24. The molecule has 90 valence electrons. The Bertz CT molecular complexity index is 569. The molecule has 1 fully saturated rings. The molecule has 1 aliphatic heterocycles. The van der Waals surface area contributed by atoms with Crippen LogP contribution in [-0.2, 0) is 11.3 Å². The van der Waals surface area contributed by atoms with E-state index in [1.807, 2.05) is 23.7 Å². The number of nitrogens with one attached hydrogen (secondary N) is 1. The van der Waals surface area contributed by atoms with E-state index in [4.69, 9.17) is 4.74 Å². The number of hydrogen-bond donors (Lipinski definition) is 1. The van der Waals surface area contributed by atoms with Crippen LogP contribution in [0.3, 0.4) is 0 Å². The molecule has 2 aromatic heterocycles. The Morgan fingerprint density at radius 3 is 3.29 bits per heavy atom. The van der Waals surface area contributed by atoms with Crippen LogP contribution in [0, 0.1) is 0 Å². The van der Waals surface area contributed by atoms with Gasteiger partial charge < -0.3 is 14.6 Å². The summed E-state index contributed by atoms with van der Waals surface area (Å²) in [4.78, 5) is 12.2. The van der Waals surface area contributed by atoms with Gasteiger partial charge in [0.25, 0.3) is 5.56 Å². The molecule has 1 atom stereocenters. The molecule has 0 bridgehead atoms. The van der Waals surface area contributed by atoms with Crippen LogP contribution in [0.4, 0.5) is 0 Å². The maximum atomic E-state index is 12.2. The van der Waals surface area contributed by atoms with Crippen molar-refractivity contribution in [2.45, 2.75) is 12.6 Å². The van der Waals surface area contributed by atoms with Gasteiger partial charge in [0, 0.05) is 24.0 Å². The molecule has 17 heavy (non-hydrogen) atoms. The number of fused-ring (bicyclic) bond motifs is 1. The number of aromatic nitrogens is 1. The second-order valence-corrected chi connectivity index (χ2v) is 5.12. The van der Waals surface area contributed by atoms with E-state index in [1.54, 1.807) is 15.9 Å². The van der Waals surface area contributed by atoms with E-state index in [2.05, 4.69) is 5.32 Å². The Labute approximate surface area is 103 Å². The topological polar surface area (TPSA) is 43.3 Å². The highest BCUT2D eigenvalue weighted by Crippen LogP contribution is 2.16. The summed E-state index contributed by atoms with van der Waals surface area (Å²) < 4.78 is 8.40. The predicted molar refractivity (Wildman–Crippen MR) is 68.7 cm³/mol. The highest BCUT2D eigenvalue weighted by Gasteiger charge is 2.15. The van der Waals surface area contributed by atoms with Crippen molar-refractivity contribution in [2.75, 3.05) is 19.7 Å². The summed E-state index contributed by atoms with van der Waals surface area (Å²) in [5, 5.41) is 6.03. The fraction of sp³-hybridized carbons (Fsp3) is 0.417. The van der Waals surface area contributed by atoms with Gasteiger partial charge in [0.15, 0.2) is 0 Å². The smallest absolute Gasteiger partial charge is 0.259 e. The Hall–Kier alpha value is -1.17. The molecule has 0 aromatic carbocycles. The number of pyridine rings is 1. The van der Waals surface area contributed by atoms with Gasteiger partial charge in [-0.25, -0.2) is 0 Å². The van der Waals surface area contributed by atoms with E-state index in [1.165, 1.54) is 0 Å². The number of nitrogens with zero attached hydrogens (tertiary/aromatic N) is 1. The second-order valence-electron chi connectivity index (χ2n) is 4.17. The summed E-state index contributed by atoms with van der Waals surface area (Å²) in [7, 11) is 0. The molecule has 3 rings (SSSR count). The maximum Gasteiger partial charge on any atom is 0.259 e. The standard InChI is InChI=1S/C12H14N2O2S/c15-12-10-2-6-17-11(10)1-4-14(12)8-9-7-13-3-5-16-9/h1-2,4,6,9,13H,3,5,7-8H2. The first kappa shape index (κ1) is 11.0. The number of ether oxygens (including phenoxy) is 1.